The van der Waals surface area contributed by atoms with Crippen LogP contribution >= 0.6 is 11.6 Å². The summed E-state index contributed by atoms with van der Waals surface area (Å²) in [5, 5.41) is 12.7. The van der Waals surface area contributed by atoms with E-state index in [1.54, 1.807) is 6.07 Å². The van der Waals surface area contributed by atoms with E-state index in [4.69, 9.17) is 25.5 Å². The molecule has 10 heteroatoms. The Morgan fingerprint density at radius 1 is 1.18 bits per heavy atom. The van der Waals surface area contributed by atoms with Crippen molar-refractivity contribution in [2.75, 3.05) is 19.9 Å². The molecule has 1 atom stereocenters. The first-order valence-electron chi connectivity index (χ1n) is 11.0. The average Bonchev–Trinajstić information content (AvgIpc) is 3.53. The Morgan fingerprint density at radius 3 is 2.76 bits per heavy atom. The van der Waals surface area contributed by atoms with Gasteiger partial charge in [0.15, 0.2) is 17.3 Å². The molecule has 1 aromatic carbocycles. The van der Waals surface area contributed by atoms with Crippen molar-refractivity contribution in [3.05, 3.63) is 58.5 Å². The SMILES string of the molecule is CC(C)[C@@H](NC(=O)c1ccoc1)c1nnc2n1CCN(Cc1cc3c(cc1Cl)OCO3)CC2. The molecule has 0 unspecified atom stereocenters. The number of nitrogens with zero attached hydrogens (tertiary/aromatic N) is 4. The van der Waals surface area contributed by atoms with Gasteiger partial charge in [-0.2, -0.15) is 0 Å². The van der Waals surface area contributed by atoms with E-state index >= 15 is 0 Å². The van der Waals surface area contributed by atoms with E-state index in [2.05, 4.69) is 38.8 Å². The topological polar surface area (TPSA) is 94.7 Å². The van der Waals surface area contributed by atoms with Crippen LogP contribution in [0.5, 0.6) is 11.5 Å². The van der Waals surface area contributed by atoms with Crippen LogP contribution < -0.4 is 14.8 Å². The van der Waals surface area contributed by atoms with Gasteiger partial charge in [0, 0.05) is 43.7 Å². The second-order valence-corrected chi connectivity index (χ2v) is 9.06. The minimum absolute atomic E-state index is 0.140. The van der Waals surface area contributed by atoms with Crippen LogP contribution in [0, 0.1) is 5.92 Å². The smallest absolute Gasteiger partial charge is 0.255 e. The van der Waals surface area contributed by atoms with Gasteiger partial charge in [-0.1, -0.05) is 25.4 Å². The number of rotatable bonds is 6. The number of ether oxygens (including phenoxy) is 2. The molecule has 33 heavy (non-hydrogen) atoms. The highest BCUT2D eigenvalue weighted by Gasteiger charge is 2.28. The van der Waals surface area contributed by atoms with E-state index in [1.165, 1.54) is 12.5 Å². The van der Waals surface area contributed by atoms with Crippen LogP contribution in [-0.4, -0.2) is 45.5 Å². The van der Waals surface area contributed by atoms with Crippen molar-refractivity contribution >= 4 is 17.5 Å². The lowest BCUT2D eigenvalue weighted by Gasteiger charge is -2.23. The maximum absolute atomic E-state index is 12.7. The molecule has 0 radical (unpaired) electrons. The normalized spacial score (nSPS) is 16.5. The zero-order valence-corrected chi connectivity index (χ0v) is 19.3. The second kappa shape index (κ2) is 9.07. The van der Waals surface area contributed by atoms with Crippen LogP contribution in [0.25, 0.3) is 0 Å². The lowest BCUT2D eigenvalue weighted by atomic mass is 10.0. The molecule has 3 aromatic rings. The average molecular weight is 472 g/mol. The van der Waals surface area contributed by atoms with Crippen molar-refractivity contribution in [3.63, 3.8) is 0 Å². The third kappa shape index (κ3) is 4.43. The van der Waals surface area contributed by atoms with E-state index in [1.807, 2.05) is 12.1 Å². The predicted octanol–water partition coefficient (Wildman–Crippen LogP) is 3.44. The summed E-state index contributed by atoms with van der Waals surface area (Å²) in [6.07, 6.45) is 3.69. The van der Waals surface area contributed by atoms with Crippen LogP contribution in [0.2, 0.25) is 5.02 Å². The molecular weight excluding hydrogens is 446 g/mol. The first kappa shape index (κ1) is 21.8. The summed E-state index contributed by atoms with van der Waals surface area (Å²) in [5.74, 6) is 3.07. The Balaban J connectivity index is 1.31. The van der Waals surface area contributed by atoms with Crippen molar-refractivity contribution in [3.8, 4) is 11.5 Å². The Labute approximate surface area is 196 Å². The first-order chi connectivity index (χ1) is 16.0. The van der Waals surface area contributed by atoms with Crippen molar-refractivity contribution in [1.29, 1.82) is 0 Å². The van der Waals surface area contributed by atoms with Gasteiger partial charge in [0.05, 0.1) is 17.9 Å². The van der Waals surface area contributed by atoms with Crippen LogP contribution in [0.15, 0.2) is 35.1 Å². The summed E-state index contributed by atoms with van der Waals surface area (Å²) in [5.41, 5.74) is 1.49. The molecule has 9 nitrogen and oxygen atoms in total. The van der Waals surface area contributed by atoms with Crippen molar-refractivity contribution in [2.45, 2.75) is 39.4 Å². The number of benzene rings is 1. The molecule has 0 saturated heterocycles. The van der Waals surface area contributed by atoms with Crippen molar-refractivity contribution < 1.29 is 18.7 Å². The molecule has 4 heterocycles. The number of hydrogen-bond donors (Lipinski definition) is 1. The number of aromatic nitrogens is 3. The Morgan fingerprint density at radius 2 is 2.00 bits per heavy atom. The number of halogens is 1. The zero-order valence-electron chi connectivity index (χ0n) is 18.6. The summed E-state index contributed by atoms with van der Waals surface area (Å²) in [7, 11) is 0. The molecule has 2 aliphatic heterocycles. The third-order valence-electron chi connectivity index (χ3n) is 6.10. The van der Waals surface area contributed by atoms with Gasteiger partial charge in [-0.3, -0.25) is 9.69 Å². The van der Waals surface area contributed by atoms with Crippen LogP contribution in [0.1, 0.15) is 47.5 Å². The number of furan rings is 1. The van der Waals surface area contributed by atoms with Gasteiger partial charge in [0.25, 0.3) is 5.91 Å². The minimum atomic E-state index is -0.261. The molecule has 1 N–H and O–H groups in total. The fraction of sp³-hybridized carbons (Fsp3) is 0.435. The van der Waals surface area contributed by atoms with E-state index < -0.39 is 0 Å². The van der Waals surface area contributed by atoms with Gasteiger partial charge in [-0.05, 0) is 23.6 Å². The summed E-state index contributed by atoms with van der Waals surface area (Å²) < 4.78 is 18.1. The van der Waals surface area contributed by atoms with Gasteiger partial charge in [-0.25, -0.2) is 0 Å². The van der Waals surface area contributed by atoms with Gasteiger partial charge < -0.3 is 23.8 Å². The van der Waals surface area contributed by atoms with E-state index in [0.29, 0.717) is 22.9 Å². The van der Waals surface area contributed by atoms with Gasteiger partial charge >= 0.3 is 0 Å². The fourth-order valence-corrected chi connectivity index (χ4v) is 4.46. The Hall–Kier alpha value is -3.04. The van der Waals surface area contributed by atoms with Crippen molar-refractivity contribution in [1.82, 2.24) is 25.0 Å². The lowest BCUT2D eigenvalue weighted by molar-refractivity contribution is 0.0921. The number of carbonyl (C=O) groups excluding carboxylic acids is 1. The highest BCUT2D eigenvalue weighted by Crippen LogP contribution is 2.37. The standard InChI is InChI=1S/C23H26ClN5O4/c1-14(2)21(25-23(30)15-4-8-31-12-15)22-27-26-20-3-5-28(6-7-29(20)22)11-16-9-18-19(10-17(16)24)33-13-32-18/h4,8-10,12,14,21H,3,5-7,11,13H2,1-2H3,(H,25,30)/t21-/m1/s1. The fourth-order valence-electron chi connectivity index (χ4n) is 4.25. The summed E-state index contributed by atoms with van der Waals surface area (Å²) in [6.45, 7) is 7.42. The number of fused-ring (bicyclic) bond motifs is 2. The predicted molar refractivity (Wildman–Crippen MR) is 120 cm³/mol. The van der Waals surface area contributed by atoms with Crippen LogP contribution in [-0.2, 0) is 19.5 Å². The lowest BCUT2D eigenvalue weighted by Crippen LogP contribution is -2.34. The molecule has 0 aliphatic carbocycles. The highest BCUT2D eigenvalue weighted by molar-refractivity contribution is 6.31. The quantitative estimate of drug-likeness (QED) is 0.588. The molecule has 0 spiro atoms. The van der Waals surface area contributed by atoms with E-state index in [0.717, 1.165) is 49.0 Å². The highest BCUT2D eigenvalue weighted by atomic mass is 35.5. The van der Waals surface area contributed by atoms with Crippen molar-refractivity contribution in [2.24, 2.45) is 5.92 Å². The Kier molecular flexibility index (Phi) is 5.99. The van der Waals surface area contributed by atoms with E-state index in [-0.39, 0.29) is 24.7 Å². The molecular formula is C23H26ClN5O4. The Bertz CT molecular complexity index is 1140. The molecule has 0 bridgehead atoms. The molecule has 0 fully saturated rings. The number of carbonyl (C=O) groups is 1. The number of amides is 1. The molecule has 174 valence electrons. The van der Waals surface area contributed by atoms with Crippen LogP contribution in [0.3, 0.4) is 0 Å². The number of nitrogens with one attached hydrogen (secondary N) is 1. The third-order valence-corrected chi connectivity index (χ3v) is 6.45. The first-order valence-corrected chi connectivity index (χ1v) is 11.4. The molecule has 2 aromatic heterocycles. The van der Waals surface area contributed by atoms with Gasteiger partial charge in [0.2, 0.25) is 6.79 Å². The van der Waals surface area contributed by atoms with E-state index in [9.17, 15) is 4.79 Å². The zero-order chi connectivity index (χ0) is 22.9. The molecule has 5 rings (SSSR count). The number of hydrogen-bond acceptors (Lipinski definition) is 7. The monoisotopic (exact) mass is 471 g/mol. The molecule has 2 aliphatic rings. The summed E-state index contributed by atoms with van der Waals surface area (Å²) >= 11 is 6.49. The molecule has 0 saturated carbocycles. The summed E-state index contributed by atoms with van der Waals surface area (Å²) in [6, 6.07) is 5.17. The van der Waals surface area contributed by atoms with Gasteiger partial charge in [0.1, 0.15) is 12.1 Å². The second-order valence-electron chi connectivity index (χ2n) is 8.66. The maximum Gasteiger partial charge on any atom is 0.255 e. The van der Waals surface area contributed by atoms with Gasteiger partial charge in [-0.15, -0.1) is 10.2 Å². The van der Waals surface area contributed by atoms with Crippen LogP contribution in [0.4, 0.5) is 0 Å². The minimum Gasteiger partial charge on any atom is -0.472 e. The summed E-state index contributed by atoms with van der Waals surface area (Å²) in [4.78, 5) is 15.0. The largest absolute Gasteiger partial charge is 0.472 e. The molecule has 1 amide bonds. The maximum atomic E-state index is 12.7.